The van der Waals surface area contributed by atoms with E-state index in [1.165, 1.54) is 12.8 Å². The summed E-state index contributed by atoms with van der Waals surface area (Å²) in [6, 6.07) is 2.69. The molecule has 110 valence electrons. The molecule has 21 heavy (non-hydrogen) atoms. The molecule has 0 spiro atoms. The number of amides is 1. The van der Waals surface area contributed by atoms with E-state index in [1.54, 1.807) is 6.20 Å². The maximum atomic E-state index is 12.6. The van der Waals surface area contributed by atoms with Crippen molar-refractivity contribution >= 4 is 16.9 Å². The first kappa shape index (κ1) is 12.8. The molecule has 0 aromatic carbocycles. The van der Waals surface area contributed by atoms with Gasteiger partial charge in [-0.25, -0.2) is 4.98 Å². The predicted octanol–water partition coefficient (Wildman–Crippen LogP) is 1.19. The lowest BCUT2D eigenvalue weighted by Crippen LogP contribution is -2.49. The zero-order valence-electron chi connectivity index (χ0n) is 12.2. The Kier molecular flexibility index (Phi) is 2.92. The number of aromatic amines is 1. The molecule has 2 fully saturated rings. The van der Waals surface area contributed by atoms with Crippen molar-refractivity contribution in [3.63, 3.8) is 0 Å². The second-order valence-corrected chi connectivity index (χ2v) is 6.00. The second kappa shape index (κ2) is 4.80. The fourth-order valence-electron chi connectivity index (χ4n) is 3.05. The van der Waals surface area contributed by atoms with Crippen molar-refractivity contribution in [1.82, 2.24) is 25.0 Å². The second-order valence-electron chi connectivity index (χ2n) is 6.00. The van der Waals surface area contributed by atoms with Crippen LogP contribution in [0.4, 0.5) is 0 Å². The number of H-pyrrole nitrogens is 1. The van der Waals surface area contributed by atoms with E-state index in [0.717, 1.165) is 43.3 Å². The number of aromatic nitrogens is 3. The number of carbonyl (C=O) groups excluding carboxylic acids is 1. The maximum Gasteiger partial charge on any atom is 0.255 e. The standard InChI is InChI=1S/C15H19N5O/c1-10-13-8-11(9-16-14(13)18-17-10)15(21)20-6-4-19(5-7-20)12-2-3-12/h8-9,12H,2-7H2,1H3,(H,16,17,18). The monoisotopic (exact) mass is 285 g/mol. The number of hydrogen-bond donors (Lipinski definition) is 1. The maximum absolute atomic E-state index is 12.6. The Morgan fingerprint density at radius 1 is 1.29 bits per heavy atom. The minimum Gasteiger partial charge on any atom is -0.336 e. The molecule has 1 aliphatic heterocycles. The zero-order chi connectivity index (χ0) is 14.4. The van der Waals surface area contributed by atoms with Crippen molar-refractivity contribution in [3.05, 3.63) is 23.5 Å². The van der Waals surface area contributed by atoms with Gasteiger partial charge in [0.2, 0.25) is 0 Å². The van der Waals surface area contributed by atoms with Gasteiger partial charge in [0, 0.05) is 49.5 Å². The van der Waals surface area contributed by atoms with Gasteiger partial charge in [-0.1, -0.05) is 0 Å². The predicted molar refractivity (Wildman–Crippen MR) is 79.1 cm³/mol. The average molecular weight is 285 g/mol. The highest BCUT2D eigenvalue weighted by Gasteiger charge is 2.32. The van der Waals surface area contributed by atoms with Crippen molar-refractivity contribution in [1.29, 1.82) is 0 Å². The van der Waals surface area contributed by atoms with Crippen LogP contribution in [0, 0.1) is 6.92 Å². The molecule has 6 heteroatoms. The highest BCUT2D eigenvalue weighted by Crippen LogP contribution is 2.27. The van der Waals surface area contributed by atoms with Crippen LogP contribution in [0.2, 0.25) is 0 Å². The molecule has 1 saturated heterocycles. The topological polar surface area (TPSA) is 65.1 Å². The third-order valence-corrected chi connectivity index (χ3v) is 4.51. The molecular formula is C15H19N5O. The SMILES string of the molecule is Cc1[nH]nc2ncc(C(=O)N3CCN(C4CC4)CC3)cc12. The molecule has 4 rings (SSSR count). The summed E-state index contributed by atoms with van der Waals surface area (Å²) in [7, 11) is 0. The Labute approximate surface area is 123 Å². The van der Waals surface area contributed by atoms with Crippen LogP contribution in [-0.4, -0.2) is 63.1 Å². The lowest BCUT2D eigenvalue weighted by Gasteiger charge is -2.34. The van der Waals surface area contributed by atoms with E-state index in [9.17, 15) is 4.79 Å². The van der Waals surface area contributed by atoms with E-state index in [2.05, 4.69) is 20.1 Å². The van der Waals surface area contributed by atoms with E-state index in [0.29, 0.717) is 11.2 Å². The van der Waals surface area contributed by atoms with Crippen molar-refractivity contribution in [2.75, 3.05) is 26.2 Å². The van der Waals surface area contributed by atoms with E-state index in [-0.39, 0.29) is 5.91 Å². The minimum atomic E-state index is 0.0837. The van der Waals surface area contributed by atoms with Crippen molar-refractivity contribution in [2.45, 2.75) is 25.8 Å². The molecule has 1 N–H and O–H groups in total. The molecule has 6 nitrogen and oxygen atoms in total. The van der Waals surface area contributed by atoms with Crippen LogP contribution >= 0.6 is 0 Å². The molecular weight excluding hydrogens is 266 g/mol. The van der Waals surface area contributed by atoms with Crippen LogP contribution in [0.1, 0.15) is 28.9 Å². The van der Waals surface area contributed by atoms with Gasteiger partial charge in [-0.3, -0.25) is 14.8 Å². The van der Waals surface area contributed by atoms with Crippen molar-refractivity contribution < 1.29 is 4.79 Å². The summed E-state index contributed by atoms with van der Waals surface area (Å²) in [6.45, 7) is 5.57. The molecule has 2 aliphatic rings. The lowest BCUT2D eigenvalue weighted by atomic mass is 10.1. The van der Waals surface area contributed by atoms with Crippen LogP contribution in [0.15, 0.2) is 12.3 Å². The summed E-state index contributed by atoms with van der Waals surface area (Å²) < 4.78 is 0. The molecule has 1 amide bonds. The number of pyridine rings is 1. The molecule has 0 bridgehead atoms. The fourth-order valence-corrected chi connectivity index (χ4v) is 3.05. The van der Waals surface area contributed by atoms with E-state index in [4.69, 9.17) is 0 Å². The van der Waals surface area contributed by atoms with Crippen molar-refractivity contribution in [3.8, 4) is 0 Å². The molecule has 3 heterocycles. The van der Waals surface area contributed by atoms with Crippen LogP contribution in [0.3, 0.4) is 0 Å². The fraction of sp³-hybridized carbons (Fsp3) is 0.533. The number of carbonyl (C=O) groups is 1. The Morgan fingerprint density at radius 3 is 2.76 bits per heavy atom. The molecule has 0 unspecified atom stereocenters. The Hall–Kier alpha value is -1.95. The number of fused-ring (bicyclic) bond motifs is 1. The molecule has 1 aliphatic carbocycles. The Morgan fingerprint density at radius 2 is 2.05 bits per heavy atom. The normalized spacial score (nSPS) is 20.1. The van der Waals surface area contributed by atoms with Gasteiger partial charge in [0.05, 0.1) is 5.56 Å². The molecule has 2 aromatic heterocycles. The Bertz CT molecular complexity index is 682. The summed E-state index contributed by atoms with van der Waals surface area (Å²) in [6.07, 6.45) is 4.29. The first-order valence-corrected chi connectivity index (χ1v) is 7.56. The van der Waals surface area contributed by atoms with Gasteiger partial charge in [-0.15, -0.1) is 0 Å². The van der Waals surface area contributed by atoms with Gasteiger partial charge in [0.15, 0.2) is 5.65 Å². The number of rotatable bonds is 2. The quantitative estimate of drug-likeness (QED) is 0.900. The number of piperazine rings is 1. The highest BCUT2D eigenvalue weighted by atomic mass is 16.2. The third-order valence-electron chi connectivity index (χ3n) is 4.51. The first-order valence-electron chi connectivity index (χ1n) is 7.56. The number of aryl methyl sites for hydroxylation is 1. The van der Waals surface area contributed by atoms with Gasteiger partial charge in [0.25, 0.3) is 5.91 Å². The number of nitrogens with zero attached hydrogens (tertiary/aromatic N) is 4. The third kappa shape index (κ3) is 2.29. The van der Waals surface area contributed by atoms with Gasteiger partial charge in [-0.05, 0) is 25.8 Å². The van der Waals surface area contributed by atoms with Gasteiger partial charge < -0.3 is 4.90 Å². The summed E-state index contributed by atoms with van der Waals surface area (Å²) in [5.41, 5.74) is 2.28. The van der Waals surface area contributed by atoms with Gasteiger partial charge in [-0.2, -0.15) is 5.10 Å². The largest absolute Gasteiger partial charge is 0.336 e. The van der Waals surface area contributed by atoms with E-state index in [1.807, 2.05) is 17.9 Å². The van der Waals surface area contributed by atoms with Crippen molar-refractivity contribution in [2.24, 2.45) is 0 Å². The summed E-state index contributed by atoms with van der Waals surface area (Å²) in [5, 5.41) is 7.93. The lowest BCUT2D eigenvalue weighted by molar-refractivity contribution is 0.0627. The van der Waals surface area contributed by atoms with Crippen LogP contribution < -0.4 is 0 Å². The average Bonchev–Trinajstić information content (AvgIpc) is 3.31. The molecule has 0 radical (unpaired) electrons. The summed E-state index contributed by atoms with van der Waals surface area (Å²) >= 11 is 0. The van der Waals surface area contributed by atoms with E-state index < -0.39 is 0 Å². The molecule has 0 atom stereocenters. The molecule has 2 aromatic rings. The number of hydrogen-bond acceptors (Lipinski definition) is 4. The van der Waals surface area contributed by atoms with Gasteiger partial charge in [0.1, 0.15) is 0 Å². The number of nitrogens with one attached hydrogen (secondary N) is 1. The summed E-state index contributed by atoms with van der Waals surface area (Å²) in [4.78, 5) is 21.3. The van der Waals surface area contributed by atoms with Crippen LogP contribution in [0.25, 0.3) is 11.0 Å². The first-order chi connectivity index (χ1) is 10.2. The van der Waals surface area contributed by atoms with Crippen LogP contribution in [-0.2, 0) is 0 Å². The minimum absolute atomic E-state index is 0.0837. The van der Waals surface area contributed by atoms with E-state index >= 15 is 0 Å². The smallest absolute Gasteiger partial charge is 0.255 e. The summed E-state index contributed by atoms with van der Waals surface area (Å²) in [5.74, 6) is 0.0837. The highest BCUT2D eigenvalue weighted by molar-refractivity contribution is 5.97. The zero-order valence-corrected chi connectivity index (χ0v) is 12.2. The Balaban J connectivity index is 1.51. The molecule has 1 saturated carbocycles. The van der Waals surface area contributed by atoms with Crippen LogP contribution in [0.5, 0.6) is 0 Å². The van der Waals surface area contributed by atoms with Gasteiger partial charge >= 0.3 is 0 Å².